The number of rotatable bonds is 2. The van der Waals surface area contributed by atoms with Crippen LogP contribution >= 0.6 is 15.9 Å². The third kappa shape index (κ3) is 2.10. The van der Waals surface area contributed by atoms with Gasteiger partial charge in [0.15, 0.2) is 0 Å². The Morgan fingerprint density at radius 1 is 1.20 bits per heavy atom. The van der Waals surface area contributed by atoms with Crippen LogP contribution in [0.3, 0.4) is 0 Å². The van der Waals surface area contributed by atoms with Crippen molar-refractivity contribution in [3.8, 4) is 5.69 Å². The second-order valence-electron chi connectivity index (χ2n) is 4.90. The van der Waals surface area contributed by atoms with Gasteiger partial charge in [0.05, 0.1) is 16.7 Å². The van der Waals surface area contributed by atoms with Gasteiger partial charge in [0, 0.05) is 16.6 Å². The highest BCUT2D eigenvalue weighted by atomic mass is 79.9. The lowest BCUT2D eigenvalue weighted by molar-refractivity contribution is 0.903. The number of anilines is 1. The Bertz CT molecular complexity index is 790. The van der Waals surface area contributed by atoms with E-state index in [2.05, 4.69) is 52.5 Å². The van der Waals surface area contributed by atoms with Crippen LogP contribution in [0, 0.1) is 6.92 Å². The molecular formula is C16H16BrN3. The smallest absolute Gasteiger partial charge is 0.114 e. The van der Waals surface area contributed by atoms with Gasteiger partial charge in [0.25, 0.3) is 0 Å². The van der Waals surface area contributed by atoms with E-state index in [1.807, 2.05) is 18.2 Å². The summed E-state index contributed by atoms with van der Waals surface area (Å²) in [5, 5.41) is 0. The number of fused-ring (bicyclic) bond motifs is 1. The topological polar surface area (TPSA) is 43.8 Å². The van der Waals surface area contributed by atoms with Gasteiger partial charge in [0.1, 0.15) is 5.82 Å². The molecule has 2 N–H and O–H groups in total. The van der Waals surface area contributed by atoms with Crippen LogP contribution in [-0.4, -0.2) is 9.55 Å². The first-order valence-electron chi connectivity index (χ1n) is 6.63. The number of halogens is 1. The number of aromatic nitrogens is 2. The van der Waals surface area contributed by atoms with Gasteiger partial charge < -0.3 is 5.73 Å². The van der Waals surface area contributed by atoms with E-state index in [0.29, 0.717) is 0 Å². The molecule has 0 aliphatic carbocycles. The first-order valence-corrected chi connectivity index (χ1v) is 7.43. The van der Waals surface area contributed by atoms with Crippen LogP contribution < -0.4 is 5.73 Å². The van der Waals surface area contributed by atoms with Gasteiger partial charge in [-0.15, -0.1) is 0 Å². The lowest BCUT2D eigenvalue weighted by Crippen LogP contribution is -2.02. The highest BCUT2D eigenvalue weighted by Crippen LogP contribution is 2.27. The Balaban J connectivity index is 2.34. The van der Waals surface area contributed by atoms with Crippen molar-refractivity contribution in [3.05, 3.63) is 52.3 Å². The van der Waals surface area contributed by atoms with Gasteiger partial charge >= 0.3 is 0 Å². The lowest BCUT2D eigenvalue weighted by atomic mass is 10.2. The average Bonchev–Trinajstić information content (AvgIpc) is 2.76. The first-order chi connectivity index (χ1) is 9.60. The molecule has 4 heteroatoms. The van der Waals surface area contributed by atoms with Gasteiger partial charge in [-0.3, -0.25) is 4.57 Å². The Kier molecular flexibility index (Phi) is 3.26. The summed E-state index contributed by atoms with van der Waals surface area (Å²) in [5.41, 5.74) is 11.0. The van der Waals surface area contributed by atoms with Gasteiger partial charge in [-0.05, 0) is 48.9 Å². The molecule has 3 nitrogen and oxygen atoms in total. The summed E-state index contributed by atoms with van der Waals surface area (Å²) in [7, 11) is 0. The van der Waals surface area contributed by atoms with Crippen LogP contribution in [0.2, 0.25) is 0 Å². The van der Waals surface area contributed by atoms with Gasteiger partial charge in [-0.1, -0.05) is 22.9 Å². The summed E-state index contributed by atoms with van der Waals surface area (Å²) < 4.78 is 3.31. The Hall–Kier alpha value is -1.81. The molecule has 0 saturated heterocycles. The normalized spacial score (nSPS) is 11.2. The van der Waals surface area contributed by atoms with Crippen molar-refractivity contribution in [2.75, 3.05) is 5.73 Å². The zero-order valence-corrected chi connectivity index (χ0v) is 13.1. The van der Waals surface area contributed by atoms with E-state index >= 15 is 0 Å². The quantitative estimate of drug-likeness (QED) is 0.714. The van der Waals surface area contributed by atoms with Crippen molar-refractivity contribution in [2.24, 2.45) is 0 Å². The monoisotopic (exact) mass is 329 g/mol. The lowest BCUT2D eigenvalue weighted by Gasteiger charge is -2.12. The molecule has 1 heterocycles. The zero-order valence-electron chi connectivity index (χ0n) is 11.5. The largest absolute Gasteiger partial charge is 0.399 e. The standard InChI is InChI=1S/C16H16BrN3/c1-3-16-19-13-9-12(18)5-7-15(13)20(16)14-6-4-11(17)8-10(14)2/h4-9H,3,18H2,1-2H3. The number of hydrogen-bond acceptors (Lipinski definition) is 2. The van der Waals surface area contributed by atoms with Crippen LogP contribution in [0.4, 0.5) is 5.69 Å². The molecule has 0 amide bonds. The van der Waals surface area contributed by atoms with Crippen LogP contribution in [0.25, 0.3) is 16.7 Å². The first kappa shape index (κ1) is 13.2. The second kappa shape index (κ2) is 4.94. The summed E-state index contributed by atoms with van der Waals surface area (Å²) >= 11 is 3.51. The predicted molar refractivity (Wildman–Crippen MR) is 87.3 cm³/mol. The van der Waals surface area contributed by atoms with Crippen molar-refractivity contribution in [2.45, 2.75) is 20.3 Å². The van der Waals surface area contributed by atoms with E-state index in [0.717, 1.165) is 39.1 Å². The number of imidazole rings is 1. The maximum Gasteiger partial charge on any atom is 0.114 e. The molecule has 20 heavy (non-hydrogen) atoms. The van der Waals surface area contributed by atoms with Gasteiger partial charge in [0.2, 0.25) is 0 Å². The highest BCUT2D eigenvalue weighted by molar-refractivity contribution is 9.10. The van der Waals surface area contributed by atoms with E-state index in [-0.39, 0.29) is 0 Å². The molecule has 0 fully saturated rings. The van der Waals surface area contributed by atoms with E-state index in [1.54, 1.807) is 0 Å². The van der Waals surface area contributed by atoms with Crippen molar-refractivity contribution < 1.29 is 0 Å². The number of hydrogen-bond donors (Lipinski definition) is 1. The molecular weight excluding hydrogens is 314 g/mol. The SMILES string of the molecule is CCc1nc2cc(N)ccc2n1-c1ccc(Br)cc1C. The molecule has 0 unspecified atom stereocenters. The fraction of sp³-hybridized carbons (Fsp3) is 0.188. The van der Waals surface area contributed by atoms with Crippen LogP contribution in [0.15, 0.2) is 40.9 Å². The third-order valence-electron chi connectivity index (χ3n) is 3.46. The highest BCUT2D eigenvalue weighted by Gasteiger charge is 2.13. The summed E-state index contributed by atoms with van der Waals surface area (Å²) in [6, 6.07) is 12.2. The predicted octanol–water partition coefficient (Wildman–Crippen LogP) is 4.24. The zero-order chi connectivity index (χ0) is 14.3. The maximum atomic E-state index is 5.86. The number of benzene rings is 2. The minimum atomic E-state index is 0.748. The van der Waals surface area contributed by atoms with Crippen LogP contribution in [0.5, 0.6) is 0 Å². The average molecular weight is 330 g/mol. The fourth-order valence-electron chi connectivity index (χ4n) is 2.52. The molecule has 3 rings (SSSR count). The minimum Gasteiger partial charge on any atom is -0.399 e. The molecule has 2 aromatic carbocycles. The molecule has 102 valence electrons. The van der Waals surface area contributed by atoms with Crippen LogP contribution in [-0.2, 0) is 6.42 Å². The molecule has 0 aliphatic heterocycles. The summed E-state index contributed by atoms with van der Waals surface area (Å²) in [6.07, 6.45) is 0.879. The number of nitrogen functional groups attached to an aromatic ring is 1. The van der Waals surface area contributed by atoms with E-state index < -0.39 is 0 Å². The summed E-state index contributed by atoms with van der Waals surface area (Å²) in [6.45, 7) is 4.23. The Morgan fingerprint density at radius 2 is 2.00 bits per heavy atom. The number of nitrogens with zero attached hydrogens (tertiary/aromatic N) is 2. The number of aryl methyl sites for hydroxylation is 2. The molecule has 0 atom stereocenters. The molecule has 3 aromatic rings. The second-order valence-corrected chi connectivity index (χ2v) is 5.81. The van der Waals surface area contributed by atoms with Crippen molar-refractivity contribution in [1.82, 2.24) is 9.55 Å². The van der Waals surface area contributed by atoms with Crippen molar-refractivity contribution >= 4 is 32.7 Å². The number of nitrogens with two attached hydrogens (primary N) is 1. The van der Waals surface area contributed by atoms with Crippen LogP contribution in [0.1, 0.15) is 18.3 Å². The fourth-order valence-corrected chi connectivity index (χ4v) is 3.00. The minimum absolute atomic E-state index is 0.748. The van der Waals surface area contributed by atoms with Crippen molar-refractivity contribution in [1.29, 1.82) is 0 Å². The van der Waals surface area contributed by atoms with Crippen molar-refractivity contribution in [3.63, 3.8) is 0 Å². The van der Waals surface area contributed by atoms with E-state index in [1.165, 1.54) is 5.56 Å². The molecule has 0 radical (unpaired) electrons. The summed E-state index contributed by atoms with van der Waals surface area (Å²) in [4.78, 5) is 4.70. The Labute approximate surface area is 126 Å². The molecule has 0 aliphatic rings. The molecule has 0 saturated carbocycles. The Morgan fingerprint density at radius 3 is 2.70 bits per heavy atom. The summed E-state index contributed by atoms with van der Waals surface area (Å²) in [5.74, 6) is 1.05. The van der Waals surface area contributed by atoms with E-state index in [9.17, 15) is 0 Å². The van der Waals surface area contributed by atoms with Gasteiger partial charge in [-0.25, -0.2) is 4.98 Å². The molecule has 0 spiro atoms. The maximum absolute atomic E-state index is 5.86. The van der Waals surface area contributed by atoms with Gasteiger partial charge in [-0.2, -0.15) is 0 Å². The molecule has 0 bridgehead atoms. The van der Waals surface area contributed by atoms with E-state index in [4.69, 9.17) is 10.7 Å². The molecule has 1 aromatic heterocycles. The third-order valence-corrected chi connectivity index (χ3v) is 3.96.